The average Bonchev–Trinajstić information content (AvgIpc) is 2.86. The Morgan fingerprint density at radius 2 is 1.96 bits per heavy atom. The molecule has 0 aliphatic rings. The van der Waals surface area contributed by atoms with Crippen molar-refractivity contribution in [1.82, 2.24) is 4.57 Å². The van der Waals surface area contributed by atoms with Crippen LogP contribution in [0.15, 0.2) is 53.1 Å². The number of halogens is 2. The van der Waals surface area contributed by atoms with Gasteiger partial charge in [-0.15, -0.1) is 0 Å². The van der Waals surface area contributed by atoms with Gasteiger partial charge in [0, 0.05) is 37.8 Å². The molecule has 0 bridgehead atoms. The summed E-state index contributed by atoms with van der Waals surface area (Å²) in [5, 5.41) is 4.23. The molecule has 0 fully saturated rings. The summed E-state index contributed by atoms with van der Waals surface area (Å²) in [4.78, 5) is 23.4. The minimum absolute atomic E-state index is 0.120. The van der Waals surface area contributed by atoms with Crippen molar-refractivity contribution in [1.29, 1.82) is 0 Å². The van der Waals surface area contributed by atoms with Crippen molar-refractivity contribution >= 4 is 56.3 Å². The molecule has 0 saturated heterocycles. The van der Waals surface area contributed by atoms with E-state index in [0.29, 0.717) is 16.3 Å². The van der Waals surface area contributed by atoms with E-state index in [0.717, 1.165) is 21.7 Å². The van der Waals surface area contributed by atoms with Gasteiger partial charge in [-0.05, 0) is 42.5 Å². The van der Waals surface area contributed by atoms with Crippen molar-refractivity contribution in [3.63, 3.8) is 0 Å². The summed E-state index contributed by atoms with van der Waals surface area (Å²) in [6.45, 7) is 0.120. The lowest BCUT2D eigenvalue weighted by molar-refractivity contribution is -0.116. The fourth-order valence-corrected chi connectivity index (χ4v) is 2.90. The molecule has 0 aliphatic carbocycles. The average molecular weight is 392 g/mol. The normalized spacial score (nSPS) is 10.7. The van der Waals surface area contributed by atoms with Crippen molar-refractivity contribution in [2.45, 2.75) is 6.54 Å². The van der Waals surface area contributed by atoms with Gasteiger partial charge in [0.05, 0.1) is 0 Å². The molecule has 4 nitrogen and oxygen atoms in total. The number of carbonyl (C=O) groups is 2. The summed E-state index contributed by atoms with van der Waals surface area (Å²) < 4.78 is 2.65. The standard InChI is InChI=1S/C17H12BrClN2O2/c18-12-1-6-16-15(7-12)11(10-22)8-21(16)9-17(23)20-14-4-2-13(19)3-5-14/h1-8,10H,9H2,(H,20,23). The van der Waals surface area contributed by atoms with Crippen LogP contribution in [0.25, 0.3) is 10.9 Å². The lowest BCUT2D eigenvalue weighted by Crippen LogP contribution is -2.18. The predicted octanol–water partition coefficient (Wildman–Crippen LogP) is 4.51. The van der Waals surface area contributed by atoms with Crippen LogP contribution >= 0.6 is 27.5 Å². The van der Waals surface area contributed by atoms with Crippen LogP contribution in [0.5, 0.6) is 0 Å². The Morgan fingerprint density at radius 3 is 2.65 bits per heavy atom. The van der Waals surface area contributed by atoms with E-state index in [4.69, 9.17) is 11.6 Å². The van der Waals surface area contributed by atoms with Crippen molar-refractivity contribution in [3.8, 4) is 0 Å². The minimum atomic E-state index is -0.176. The van der Waals surface area contributed by atoms with E-state index >= 15 is 0 Å². The van der Waals surface area contributed by atoms with Crippen LogP contribution in [0.4, 0.5) is 5.69 Å². The van der Waals surface area contributed by atoms with Crippen molar-refractivity contribution < 1.29 is 9.59 Å². The number of aromatic nitrogens is 1. The highest BCUT2D eigenvalue weighted by molar-refractivity contribution is 9.10. The Hall–Kier alpha value is -2.11. The molecule has 1 heterocycles. The predicted molar refractivity (Wildman–Crippen MR) is 95.1 cm³/mol. The van der Waals surface area contributed by atoms with Gasteiger partial charge in [0.15, 0.2) is 6.29 Å². The number of amides is 1. The van der Waals surface area contributed by atoms with Gasteiger partial charge >= 0.3 is 0 Å². The second kappa shape index (κ2) is 6.56. The van der Waals surface area contributed by atoms with Crippen LogP contribution in [0.1, 0.15) is 10.4 Å². The molecule has 0 spiro atoms. The van der Waals surface area contributed by atoms with Gasteiger partial charge in [0.2, 0.25) is 5.91 Å². The monoisotopic (exact) mass is 390 g/mol. The first-order valence-electron chi connectivity index (χ1n) is 6.86. The molecule has 0 unspecified atom stereocenters. The molecule has 0 atom stereocenters. The van der Waals surface area contributed by atoms with E-state index in [1.165, 1.54) is 0 Å². The molecule has 0 saturated carbocycles. The third-order valence-electron chi connectivity index (χ3n) is 3.44. The van der Waals surface area contributed by atoms with Crippen LogP contribution < -0.4 is 5.32 Å². The van der Waals surface area contributed by atoms with Gasteiger partial charge in [0.25, 0.3) is 0 Å². The Labute approximate surface area is 146 Å². The van der Waals surface area contributed by atoms with Crippen LogP contribution in [-0.4, -0.2) is 16.8 Å². The molecule has 3 rings (SSSR count). The summed E-state index contributed by atoms with van der Waals surface area (Å²) >= 11 is 9.21. The molecule has 0 radical (unpaired) electrons. The third kappa shape index (κ3) is 3.46. The Kier molecular flexibility index (Phi) is 4.50. The van der Waals surface area contributed by atoms with Gasteiger partial charge in [-0.3, -0.25) is 9.59 Å². The SMILES string of the molecule is O=Cc1cn(CC(=O)Nc2ccc(Cl)cc2)c2ccc(Br)cc12. The topological polar surface area (TPSA) is 51.1 Å². The van der Waals surface area contributed by atoms with E-state index in [1.54, 1.807) is 35.0 Å². The minimum Gasteiger partial charge on any atom is -0.337 e. The van der Waals surface area contributed by atoms with E-state index < -0.39 is 0 Å². The summed E-state index contributed by atoms with van der Waals surface area (Å²) in [7, 11) is 0. The van der Waals surface area contributed by atoms with E-state index in [1.807, 2.05) is 18.2 Å². The zero-order chi connectivity index (χ0) is 16.4. The molecule has 116 valence electrons. The number of nitrogens with zero attached hydrogens (tertiary/aromatic N) is 1. The zero-order valence-electron chi connectivity index (χ0n) is 11.9. The molecule has 6 heteroatoms. The largest absolute Gasteiger partial charge is 0.337 e. The van der Waals surface area contributed by atoms with Gasteiger partial charge < -0.3 is 9.88 Å². The zero-order valence-corrected chi connectivity index (χ0v) is 14.3. The molecule has 1 amide bonds. The van der Waals surface area contributed by atoms with Crippen molar-refractivity contribution in [2.24, 2.45) is 0 Å². The number of hydrogen-bond acceptors (Lipinski definition) is 2. The van der Waals surface area contributed by atoms with Crippen LogP contribution in [0.2, 0.25) is 5.02 Å². The Morgan fingerprint density at radius 1 is 1.22 bits per heavy atom. The van der Waals surface area contributed by atoms with Gasteiger partial charge in [-0.1, -0.05) is 27.5 Å². The number of nitrogens with one attached hydrogen (secondary N) is 1. The number of carbonyl (C=O) groups excluding carboxylic acids is 2. The molecule has 0 aliphatic heterocycles. The van der Waals surface area contributed by atoms with Crippen LogP contribution in [0, 0.1) is 0 Å². The Bertz CT molecular complexity index is 887. The smallest absolute Gasteiger partial charge is 0.244 e. The van der Waals surface area contributed by atoms with Crippen molar-refractivity contribution in [2.75, 3.05) is 5.32 Å². The van der Waals surface area contributed by atoms with Gasteiger partial charge in [-0.25, -0.2) is 0 Å². The summed E-state index contributed by atoms with van der Waals surface area (Å²) in [5.41, 5.74) is 2.07. The fourth-order valence-electron chi connectivity index (χ4n) is 2.41. The lowest BCUT2D eigenvalue weighted by atomic mass is 10.2. The number of anilines is 1. The lowest BCUT2D eigenvalue weighted by Gasteiger charge is -2.07. The number of rotatable bonds is 4. The molecule has 3 aromatic rings. The summed E-state index contributed by atoms with van der Waals surface area (Å²) in [5.74, 6) is -0.176. The van der Waals surface area contributed by atoms with Crippen LogP contribution in [0.3, 0.4) is 0 Å². The number of benzene rings is 2. The summed E-state index contributed by atoms with van der Waals surface area (Å²) in [6.07, 6.45) is 2.48. The first-order chi connectivity index (χ1) is 11.1. The van der Waals surface area contributed by atoms with E-state index in [2.05, 4.69) is 21.2 Å². The number of fused-ring (bicyclic) bond motifs is 1. The molecule has 1 N–H and O–H groups in total. The third-order valence-corrected chi connectivity index (χ3v) is 4.19. The Balaban J connectivity index is 1.84. The maximum atomic E-state index is 12.2. The van der Waals surface area contributed by atoms with E-state index in [9.17, 15) is 9.59 Å². The first-order valence-corrected chi connectivity index (χ1v) is 8.03. The van der Waals surface area contributed by atoms with Crippen molar-refractivity contribution in [3.05, 3.63) is 63.7 Å². The number of aldehydes is 1. The maximum Gasteiger partial charge on any atom is 0.244 e. The fraction of sp³-hybridized carbons (Fsp3) is 0.0588. The molecule has 2 aromatic carbocycles. The first kappa shape index (κ1) is 15.8. The van der Waals surface area contributed by atoms with Crippen LogP contribution in [-0.2, 0) is 11.3 Å². The van der Waals surface area contributed by atoms with Gasteiger partial charge in [-0.2, -0.15) is 0 Å². The molecular weight excluding hydrogens is 380 g/mol. The second-order valence-corrected chi connectivity index (χ2v) is 6.40. The number of hydrogen-bond donors (Lipinski definition) is 1. The second-order valence-electron chi connectivity index (χ2n) is 5.05. The highest BCUT2D eigenvalue weighted by Gasteiger charge is 2.11. The maximum absolute atomic E-state index is 12.2. The molecule has 1 aromatic heterocycles. The highest BCUT2D eigenvalue weighted by Crippen LogP contribution is 2.24. The highest BCUT2D eigenvalue weighted by atomic mass is 79.9. The quantitative estimate of drug-likeness (QED) is 0.665. The van der Waals surface area contributed by atoms with Gasteiger partial charge in [0.1, 0.15) is 6.54 Å². The molecular formula is C17H12BrClN2O2. The summed E-state index contributed by atoms with van der Waals surface area (Å²) in [6, 6.07) is 12.5. The molecule has 23 heavy (non-hydrogen) atoms. The van der Waals surface area contributed by atoms with E-state index in [-0.39, 0.29) is 12.5 Å².